The molecule has 0 bridgehead atoms. The van der Waals surface area contributed by atoms with Crippen molar-refractivity contribution in [1.82, 2.24) is 15.1 Å². The number of halogens is 2. The molecule has 1 aliphatic heterocycles. The number of amides is 1. The molecule has 0 fully saturated rings. The largest absolute Gasteiger partial charge is 0.352 e. The number of carbonyl (C=O) groups excluding carboxylic acids is 1. The van der Waals surface area contributed by atoms with Gasteiger partial charge in [0, 0.05) is 33.8 Å². The van der Waals surface area contributed by atoms with Crippen LogP contribution in [-0.4, -0.2) is 22.2 Å². The lowest BCUT2D eigenvalue weighted by atomic mass is 9.97. The minimum Gasteiger partial charge on any atom is -0.352 e. The van der Waals surface area contributed by atoms with E-state index in [-0.39, 0.29) is 11.7 Å². The zero-order chi connectivity index (χ0) is 21.4. The second-order valence-corrected chi connectivity index (χ2v) is 8.75. The number of rotatable bonds is 4. The molecule has 0 radical (unpaired) electrons. The van der Waals surface area contributed by atoms with Gasteiger partial charge in [0.15, 0.2) is 0 Å². The lowest BCUT2D eigenvalue weighted by Gasteiger charge is -2.17. The maximum absolute atomic E-state index is 13.4. The van der Waals surface area contributed by atoms with E-state index in [0.29, 0.717) is 17.1 Å². The average Bonchev–Trinajstić information content (AvgIpc) is 3.19. The highest BCUT2D eigenvalue weighted by Gasteiger charge is 2.20. The Hall–Kier alpha value is -3.09. The van der Waals surface area contributed by atoms with Gasteiger partial charge in [-0.2, -0.15) is 5.10 Å². The molecule has 0 saturated carbocycles. The number of aromatic nitrogens is 2. The molecule has 4 nitrogen and oxygen atoms in total. The molecule has 2 heterocycles. The van der Waals surface area contributed by atoms with Crippen molar-refractivity contribution in [3.8, 4) is 16.9 Å². The molecule has 7 heteroatoms. The fourth-order valence-electron chi connectivity index (χ4n) is 3.56. The van der Waals surface area contributed by atoms with Crippen LogP contribution in [0.4, 0.5) is 4.39 Å². The number of nitrogens with one attached hydrogen (secondary N) is 1. The van der Waals surface area contributed by atoms with Crippen LogP contribution in [0.1, 0.15) is 15.9 Å². The zero-order valence-corrected chi connectivity index (χ0v) is 17.9. The van der Waals surface area contributed by atoms with Crippen molar-refractivity contribution >= 4 is 29.3 Å². The first-order chi connectivity index (χ1) is 15.1. The Morgan fingerprint density at radius 2 is 1.81 bits per heavy atom. The fourth-order valence-corrected chi connectivity index (χ4v) is 4.62. The van der Waals surface area contributed by atoms with E-state index in [2.05, 4.69) is 5.32 Å². The molecule has 31 heavy (non-hydrogen) atoms. The Balaban J connectivity index is 1.59. The maximum atomic E-state index is 13.4. The van der Waals surface area contributed by atoms with Gasteiger partial charge >= 0.3 is 0 Å². The van der Waals surface area contributed by atoms with E-state index in [1.807, 2.05) is 48.7 Å². The predicted octanol–water partition coefficient (Wildman–Crippen LogP) is 5.77. The molecule has 1 aliphatic rings. The van der Waals surface area contributed by atoms with E-state index < -0.39 is 0 Å². The third kappa shape index (κ3) is 4.09. The minimum absolute atomic E-state index is 0.0413. The molecular weight excluding hydrogens is 433 g/mol. The molecule has 0 spiro atoms. The molecule has 0 unspecified atom stereocenters. The zero-order valence-electron chi connectivity index (χ0n) is 16.3. The third-order valence-electron chi connectivity index (χ3n) is 5.12. The predicted molar refractivity (Wildman–Crippen MR) is 121 cm³/mol. The summed E-state index contributed by atoms with van der Waals surface area (Å²) in [6, 6.07) is 19.7. The van der Waals surface area contributed by atoms with Crippen molar-refractivity contribution in [3.63, 3.8) is 0 Å². The topological polar surface area (TPSA) is 46.9 Å². The molecule has 4 aromatic rings. The normalized spacial score (nSPS) is 13.0. The second-order valence-electron chi connectivity index (χ2n) is 7.20. The van der Waals surface area contributed by atoms with Gasteiger partial charge in [-0.25, -0.2) is 9.07 Å². The first-order valence-corrected chi connectivity index (χ1v) is 11.0. The summed E-state index contributed by atoms with van der Waals surface area (Å²) in [6.45, 7) is 0.631. The van der Waals surface area contributed by atoms with Gasteiger partial charge in [-0.15, -0.1) is 0 Å². The number of carbonyl (C=O) groups is 1. The summed E-state index contributed by atoms with van der Waals surface area (Å²) in [4.78, 5) is 14.1. The number of hydrogen-bond donors (Lipinski definition) is 1. The molecule has 1 amide bonds. The monoisotopic (exact) mass is 449 g/mol. The van der Waals surface area contributed by atoms with Crippen molar-refractivity contribution in [2.24, 2.45) is 0 Å². The quantitative estimate of drug-likeness (QED) is 0.430. The number of fused-ring (bicyclic) bond motifs is 1. The SMILES string of the molecule is O=C1NCCc2cc(-c3nn(-c4ccc(F)cc4)cc3Sc3ccc(Cl)cc3)ccc21. The van der Waals surface area contributed by atoms with Crippen LogP contribution < -0.4 is 5.32 Å². The smallest absolute Gasteiger partial charge is 0.251 e. The molecule has 5 rings (SSSR count). The highest BCUT2D eigenvalue weighted by molar-refractivity contribution is 7.99. The van der Waals surface area contributed by atoms with Crippen molar-refractivity contribution in [2.45, 2.75) is 16.2 Å². The fraction of sp³-hybridized carbons (Fsp3) is 0.0833. The van der Waals surface area contributed by atoms with Crippen molar-refractivity contribution in [3.05, 3.63) is 94.9 Å². The van der Waals surface area contributed by atoms with E-state index in [1.54, 1.807) is 28.6 Å². The first-order valence-electron chi connectivity index (χ1n) is 9.77. The molecular formula is C24H17ClFN3OS. The van der Waals surface area contributed by atoms with Gasteiger partial charge in [-0.1, -0.05) is 29.4 Å². The lowest BCUT2D eigenvalue weighted by molar-refractivity contribution is 0.0946. The summed E-state index contributed by atoms with van der Waals surface area (Å²) in [5.41, 5.74) is 4.23. The van der Waals surface area contributed by atoms with E-state index in [4.69, 9.17) is 16.7 Å². The van der Waals surface area contributed by atoms with Crippen LogP contribution in [-0.2, 0) is 6.42 Å². The Morgan fingerprint density at radius 1 is 1.03 bits per heavy atom. The summed E-state index contributed by atoms with van der Waals surface area (Å²) >= 11 is 7.61. The van der Waals surface area contributed by atoms with E-state index in [0.717, 1.165) is 38.7 Å². The minimum atomic E-state index is -0.292. The van der Waals surface area contributed by atoms with Crippen LogP contribution in [0, 0.1) is 5.82 Å². The standard InChI is InChI=1S/C24H17ClFN3OS/c25-17-2-8-20(9-3-17)31-22-14-29(19-6-4-18(26)5-7-19)28-23(22)16-1-10-21-15(13-16)11-12-27-24(21)30/h1-10,13-14H,11-12H2,(H,27,30). The van der Waals surface area contributed by atoms with Gasteiger partial charge in [0.1, 0.15) is 11.5 Å². The van der Waals surface area contributed by atoms with Gasteiger partial charge in [0.05, 0.1) is 10.6 Å². The molecule has 0 saturated heterocycles. The Bertz CT molecular complexity index is 1270. The summed E-state index contributed by atoms with van der Waals surface area (Å²) in [7, 11) is 0. The van der Waals surface area contributed by atoms with Crippen LogP contribution in [0.2, 0.25) is 5.02 Å². The summed E-state index contributed by atoms with van der Waals surface area (Å²) in [5, 5.41) is 8.36. The van der Waals surface area contributed by atoms with Crippen molar-refractivity contribution < 1.29 is 9.18 Å². The third-order valence-corrected chi connectivity index (χ3v) is 6.39. The molecule has 0 atom stereocenters. The van der Waals surface area contributed by atoms with Gasteiger partial charge < -0.3 is 5.32 Å². The van der Waals surface area contributed by atoms with Crippen molar-refractivity contribution in [1.29, 1.82) is 0 Å². The summed E-state index contributed by atoms with van der Waals surface area (Å²) in [5.74, 6) is -0.333. The van der Waals surface area contributed by atoms with Crippen LogP contribution in [0.15, 0.2) is 82.7 Å². The van der Waals surface area contributed by atoms with Gasteiger partial charge in [-0.3, -0.25) is 4.79 Å². The van der Waals surface area contributed by atoms with Crippen LogP contribution in [0.3, 0.4) is 0 Å². The maximum Gasteiger partial charge on any atom is 0.251 e. The van der Waals surface area contributed by atoms with E-state index in [1.165, 1.54) is 12.1 Å². The van der Waals surface area contributed by atoms with E-state index in [9.17, 15) is 9.18 Å². The molecule has 0 aliphatic carbocycles. The first kappa shape index (κ1) is 19.8. The molecule has 1 N–H and O–H groups in total. The summed E-state index contributed by atoms with van der Waals surface area (Å²) < 4.78 is 15.1. The van der Waals surface area contributed by atoms with Gasteiger partial charge in [-0.05, 0) is 72.6 Å². The van der Waals surface area contributed by atoms with E-state index >= 15 is 0 Å². The highest BCUT2D eigenvalue weighted by atomic mass is 35.5. The van der Waals surface area contributed by atoms with Crippen LogP contribution in [0.5, 0.6) is 0 Å². The molecule has 154 valence electrons. The molecule has 1 aromatic heterocycles. The van der Waals surface area contributed by atoms with Gasteiger partial charge in [0.25, 0.3) is 5.91 Å². The second kappa shape index (κ2) is 8.21. The van der Waals surface area contributed by atoms with Crippen LogP contribution >= 0.6 is 23.4 Å². The lowest BCUT2D eigenvalue weighted by Crippen LogP contribution is -2.31. The summed E-state index contributed by atoms with van der Waals surface area (Å²) in [6.07, 6.45) is 2.72. The molecule has 3 aromatic carbocycles. The Kier molecular flexibility index (Phi) is 5.26. The van der Waals surface area contributed by atoms with Gasteiger partial charge in [0.2, 0.25) is 0 Å². The number of nitrogens with zero attached hydrogens (tertiary/aromatic N) is 2. The van der Waals surface area contributed by atoms with Crippen LogP contribution in [0.25, 0.3) is 16.9 Å². The highest BCUT2D eigenvalue weighted by Crippen LogP contribution is 2.37. The number of benzene rings is 3. The Morgan fingerprint density at radius 3 is 2.58 bits per heavy atom. The number of hydrogen-bond acceptors (Lipinski definition) is 3. The van der Waals surface area contributed by atoms with Crippen molar-refractivity contribution in [2.75, 3.05) is 6.54 Å². The Labute approximate surface area is 188 Å². The average molecular weight is 450 g/mol.